The second-order valence-electron chi connectivity index (χ2n) is 4.68. The molecule has 0 radical (unpaired) electrons. The number of nitrogens with zero attached hydrogens (tertiary/aromatic N) is 2. The van der Waals surface area contributed by atoms with Gasteiger partial charge in [-0.2, -0.15) is 5.26 Å². The molecule has 0 aliphatic rings. The summed E-state index contributed by atoms with van der Waals surface area (Å²) in [5.41, 5.74) is 1.49. The molecule has 21 heavy (non-hydrogen) atoms. The minimum atomic E-state index is -0.552. The SMILES string of the molecule is Cc1ccc(F)c(C(=O)N(CCC#N)c2ccccc2)c1. The third-order valence-electron chi connectivity index (χ3n) is 3.11. The van der Waals surface area contributed by atoms with Crippen LogP contribution >= 0.6 is 0 Å². The molecule has 0 aliphatic carbocycles. The largest absolute Gasteiger partial charge is 0.307 e. The second kappa shape index (κ2) is 6.67. The molecule has 2 rings (SSSR count). The van der Waals surface area contributed by atoms with Crippen molar-refractivity contribution in [2.24, 2.45) is 0 Å². The van der Waals surface area contributed by atoms with Crippen molar-refractivity contribution in [3.05, 3.63) is 65.5 Å². The van der Waals surface area contributed by atoms with E-state index < -0.39 is 11.7 Å². The average Bonchev–Trinajstić information content (AvgIpc) is 2.51. The molecule has 106 valence electrons. The van der Waals surface area contributed by atoms with Gasteiger partial charge in [-0.15, -0.1) is 0 Å². The summed E-state index contributed by atoms with van der Waals surface area (Å²) in [7, 11) is 0. The molecule has 2 aromatic rings. The molecule has 0 heterocycles. The summed E-state index contributed by atoms with van der Waals surface area (Å²) in [5.74, 6) is -0.985. The lowest BCUT2D eigenvalue weighted by atomic mass is 10.1. The van der Waals surface area contributed by atoms with Crippen molar-refractivity contribution in [3.63, 3.8) is 0 Å². The molecule has 0 unspecified atom stereocenters. The van der Waals surface area contributed by atoms with Gasteiger partial charge in [-0.3, -0.25) is 4.79 Å². The number of nitriles is 1. The standard InChI is InChI=1S/C17H15FN2O/c1-13-8-9-16(18)15(12-13)17(21)20(11-5-10-19)14-6-3-2-4-7-14/h2-4,6-9,12H,5,11H2,1H3. The highest BCUT2D eigenvalue weighted by Crippen LogP contribution is 2.19. The Morgan fingerprint density at radius 1 is 1.24 bits per heavy atom. The van der Waals surface area contributed by atoms with Gasteiger partial charge < -0.3 is 4.90 Å². The number of hydrogen-bond donors (Lipinski definition) is 0. The van der Waals surface area contributed by atoms with Gasteiger partial charge in [0, 0.05) is 12.2 Å². The molecule has 0 bridgehead atoms. The van der Waals surface area contributed by atoms with Crippen LogP contribution in [0.15, 0.2) is 48.5 Å². The van der Waals surface area contributed by atoms with Crippen LogP contribution in [0, 0.1) is 24.1 Å². The number of anilines is 1. The summed E-state index contributed by atoms with van der Waals surface area (Å²) >= 11 is 0. The summed E-state index contributed by atoms with van der Waals surface area (Å²) < 4.78 is 13.9. The molecular formula is C17H15FN2O. The monoisotopic (exact) mass is 282 g/mol. The maximum Gasteiger partial charge on any atom is 0.261 e. The van der Waals surface area contributed by atoms with Crippen molar-refractivity contribution in [1.82, 2.24) is 0 Å². The van der Waals surface area contributed by atoms with E-state index in [0.29, 0.717) is 5.69 Å². The van der Waals surface area contributed by atoms with Gasteiger partial charge in [0.2, 0.25) is 0 Å². The predicted molar refractivity (Wildman–Crippen MR) is 79.5 cm³/mol. The summed E-state index contributed by atoms with van der Waals surface area (Å²) in [6.07, 6.45) is 0.189. The highest BCUT2D eigenvalue weighted by Gasteiger charge is 2.20. The first kappa shape index (κ1) is 14.7. The third-order valence-corrected chi connectivity index (χ3v) is 3.11. The number of hydrogen-bond acceptors (Lipinski definition) is 2. The van der Waals surface area contributed by atoms with Crippen LogP contribution in [-0.2, 0) is 0 Å². The average molecular weight is 282 g/mol. The fourth-order valence-corrected chi connectivity index (χ4v) is 2.07. The van der Waals surface area contributed by atoms with Gasteiger partial charge in [-0.1, -0.05) is 29.8 Å². The second-order valence-corrected chi connectivity index (χ2v) is 4.68. The molecule has 3 nitrogen and oxygen atoms in total. The van der Waals surface area contributed by atoms with Crippen LogP contribution in [0.2, 0.25) is 0 Å². The molecule has 0 saturated heterocycles. The molecule has 0 fully saturated rings. The lowest BCUT2D eigenvalue weighted by molar-refractivity contribution is 0.0983. The number of benzene rings is 2. The lowest BCUT2D eigenvalue weighted by Gasteiger charge is -2.22. The van der Waals surface area contributed by atoms with E-state index in [9.17, 15) is 9.18 Å². The Hall–Kier alpha value is -2.67. The highest BCUT2D eigenvalue weighted by molar-refractivity contribution is 6.06. The Labute approximate surface area is 123 Å². The van der Waals surface area contributed by atoms with Gasteiger partial charge in [-0.25, -0.2) is 4.39 Å². The Balaban J connectivity index is 2.39. The Kier molecular flexibility index (Phi) is 4.68. The van der Waals surface area contributed by atoms with Crippen molar-refractivity contribution in [3.8, 4) is 6.07 Å². The van der Waals surface area contributed by atoms with E-state index in [1.165, 1.54) is 17.0 Å². The molecule has 0 saturated carbocycles. The Morgan fingerprint density at radius 3 is 2.62 bits per heavy atom. The van der Waals surface area contributed by atoms with Crippen molar-refractivity contribution < 1.29 is 9.18 Å². The smallest absolute Gasteiger partial charge is 0.261 e. The first-order valence-electron chi connectivity index (χ1n) is 6.63. The fraction of sp³-hybridized carbons (Fsp3) is 0.176. The van der Waals surface area contributed by atoms with Gasteiger partial charge in [-0.05, 0) is 31.2 Å². The van der Waals surface area contributed by atoms with Crippen LogP contribution in [-0.4, -0.2) is 12.5 Å². The van der Waals surface area contributed by atoms with Gasteiger partial charge in [0.1, 0.15) is 5.82 Å². The van der Waals surface area contributed by atoms with Crippen molar-refractivity contribution in [1.29, 1.82) is 5.26 Å². The zero-order valence-electron chi connectivity index (χ0n) is 11.7. The number of para-hydroxylation sites is 1. The number of amides is 1. The topological polar surface area (TPSA) is 44.1 Å². The first-order chi connectivity index (χ1) is 10.1. The van der Waals surface area contributed by atoms with E-state index in [2.05, 4.69) is 0 Å². The van der Waals surface area contributed by atoms with Crippen LogP contribution in [0.3, 0.4) is 0 Å². The summed E-state index contributed by atoms with van der Waals surface area (Å²) in [5, 5.41) is 8.75. The van der Waals surface area contributed by atoms with Crippen LogP contribution in [0.25, 0.3) is 0 Å². The normalized spacial score (nSPS) is 9.95. The molecular weight excluding hydrogens is 267 g/mol. The Bertz CT molecular complexity index is 677. The number of carbonyl (C=O) groups excluding carboxylic acids is 1. The molecule has 0 N–H and O–H groups in total. The van der Waals surface area contributed by atoms with Crippen LogP contribution in [0.5, 0.6) is 0 Å². The zero-order chi connectivity index (χ0) is 15.2. The minimum absolute atomic E-state index is 0.0248. The summed E-state index contributed by atoms with van der Waals surface area (Å²) in [4.78, 5) is 14.0. The first-order valence-corrected chi connectivity index (χ1v) is 6.63. The molecule has 0 atom stereocenters. The lowest BCUT2D eigenvalue weighted by Crippen LogP contribution is -2.32. The minimum Gasteiger partial charge on any atom is -0.307 e. The summed E-state index contributed by atoms with van der Waals surface area (Å²) in [6, 6.07) is 15.4. The molecule has 0 spiro atoms. The molecule has 0 aliphatic heterocycles. The van der Waals surface area contributed by atoms with Gasteiger partial charge in [0.25, 0.3) is 5.91 Å². The van der Waals surface area contributed by atoms with E-state index >= 15 is 0 Å². The van der Waals surface area contributed by atoms with E-state index in [-0.39, 0.29) is 18.5 Å². The van der Waals surface area contributed by atoms with E-state index in [1.807, 2.05) is 12.1 Å². The van der Waals surface area contributed by atoms with Crippen molar-refractivity contribution in [2.45, 2.75) is 13.3 Å². The van der Waals surface area contributed by atoms with Gasteiger partial charge >= 0.3 is 0 Å². The predicted octanol–water partition coefficient (Wildman–Crippen LogP) is 3.69. The van der Waals surface area contributed by atoms with Crippen molar-refractivity contribution in [2.75, 3.05) is 11.4 Å². The van der Waals surface area contributed by atoms with Crippen LogP contribution in [0.4, 0.5) is 10.1 Å². The van der Waals surface area contributed by atoms with Crippen LogP contribution in [0.1, 0.15) is 22.3 Å². The number of carbonyl (C=O) groups is 1. The molecule has 0 aromatic heterocycles. The van der Waals surface area contributed by atoms with Gasteiger partial charge in [0.15, 0.2) is 0 Å². The molecule has 2 aromatic carbocycles. The molecule has 4 heteroatoms. The zero-order valence-corrected chi connectivity index (χ0v) is 11.7. The van der Waals surface area contributed by atoms with Gasteiger partial charge in [0.05, 0.1) is 18.1 Å². The van der Waals surface area contributed by atoms with E-state index in [1.54, 1.807) is 37.3 Å². The Morgan fingerprint density at radius 2 is 1.95 bits per heavy atom. The number of aryl methyl sites for hydroxylation is 1. The maximum absolute atomic E-state index is 13.9. The summed E-state index contributed by atoms with van der Waals surface area (Å²) in [6.45, 7) is 2.03. The van der Waals surface area contributed by atoms with Crippen LogP contribution < -0.4 is 4.90 Å². The number of halogens is 1. The molecule has 1 amide bonds. The van der Waals surface area contributed by atoms with Crippen molar-refractivity contribution >= 4 is 11.6 Å². The fourth-order valence-electron chi connectivity index (χ4n) is 2.07. The third kappa shape index (κ3) is 3.46. The maximum atomic E-state index is 13.9. The quantitative estimate of drug-likeness (QED) is 0.858. The van der Waals surface area contributed by atoms with E-state index in [4.69, 9.17) is 5.26 Å². The van der Waals surface area contributed by atoms with E-state index in [0.717, 1.165) is 5.56 Å². The number of rotatable bonds is 4. The highest BCUT2D eigenvalue weighted by atomic mass is 19.1.